The van der Waals surface area contributed by atoms with Crippen molar-refractivity contribution < 1.29 is 9.59 Å². The number of carbonyl (C=O) groups is 2. The van der Waals surface area contributed by atoms with Crippen molar-refractivity contribution in [2.45, 2.75) is 12.5 Å². The average molecular weight is 466 g/mol. The normalized spacial score (nSPS) is 15.2. The fourth-order valence-corrected chi connectivity index (χ4v) is 3.94. The van der Waals surface area contributed by atoms with E-state index >= 15 is 0 Å². The summed E-state index contributed by atoms with van der Waals surface area (Å²) in [7, 11) is 0. The monoisotopic (exact) mass is 464 g/mol. The largest absolute Gasteiger partial charge is 0.368 e. The van der Waals surface area contributed by atoms with Gasteiger partial charge in [0.1, 0.15) is 0 Å². The minimum atomic E-state index is -0.649. The Morgan fingerprint density at radius 1 is 1.11 bits per heavy atom. The molecule has 1 heterocycles. The van der Waals surface area contributed by atoms with Gasteiger partial charge in [0.25, 0.3) is 0 Å². The highest BCUT2D eigenvalue weighted by Crippen LogP contribution is 2.24. The highest BCUT2D eigenvalue weighted by atomic mass is 79.9. The predicted molar refractivity (Wildman–Crippen MR) is 114 cm³/mol. The maximum absolute atomic E-state index is 12.8. The third-order valence-corrected chi connectivity index (χ3v) is 5.48. The Hall–Kier alpha value is -2.25. The number of primary amides is 1. The molecule has 1 aliphatic heterocycles. The van der Waals surface area contributed by atoms with Crippen LogP contribution in [0.15, 0.2) is 53.0 Å². The molecule has 0 saturated carbocycles. The lowest BCUT2D eigenvalue weighted by Gasteiger charge is -2.36. The first kappa shape index (κ1) is 20.5. The molecule has 0 aromatic heterocycles. The number of nitrogens with two attached hydrogens (primary N) is 1. The van der Waals surface area contributed by atoms with Gasteiger partial charge in [0.15, 0.2) is 0 Å². The van der Waals surface area contributed by atoms with E-state index in [0.717, 1.165) is 28.8 Å². The van der Waals surface area contributed by atoms with E-state index in [0.29, 0.717) is 18.1 Å². The van der Waals surface area contributed by atoms with Crippen LogP contribution in [-0.4, -0.2) is 43.0 Å². The summed E-state index contributed by atoms with van der Waals surface area (Å²) in [6.07, 6.45) is 0.163. The van der Waals surface area contributed by atoms with Crippen LogP contribution in [-0.2, 0) is 4.79 Å². The number of carbonyl (C=O) groups excluding carboxylic acids is 2. The zero-order valence-corrected chi connectivity index (χ0v) is 17.6. The summed E-state index contributed by atoms with van der Waals surface area (Å²) in [4.78, 5) is 28.3. The Balaban J connectivity index is 1.62. The maximum atomic E-state index is 12.8. The molecule has 0 aliphatic carbocycles. The molecule has 2 aromatic rings. The molecule has 3 amide bonds. The molecule has 1 saturated heterocycles. The Kier molecular flexibility index (Phi) is 6.80. The van der Waals surface area contributed by atoms with E-state index < -0.39 is 12.1 Å². The first-order chi connectivity index (χ1) is 13.4. The molecule has 0 unspecified atom stereocenters. The lowest BCUT2D eigenvalue weighted by atomic mass is 10.0. The molecule has 0 bridgehead atoms. The van der Waals surface area contributed by atoms with Crippen LogP contribution in [0.4, 0.5) is 10.5 Å². The Bertz CT molecular complexity index is 856. The number of halogens is 2. The first-order valence-electron chi connectivity index (χ1n) is 9.02. The van der Waals surface area contributed by atoms with Gasteiger partial charge in [-0.3, -0.25) is 4.79 Å². The van der Waals surface area contributed by atoms with E-state index in [1.807, 2.05) is 53.4 Å². The van der Waals surface area contributed by atoms with Crippen LogP contribution < -0.4 is 16.0 Å². The number of nitrogens with one attached hydrogen (secondary N) is 1. The van der Waals surface area contributed by atoms with Gasteiger partial charge in [-0.2, -0.15) is 0 Å². The fraction of sp³-hybridized carbons (Fsp3) is 0.300. The van der Waals surface area contributed by atoms with Crippen molar-refractivity contribution in [1.29, 1.82) is 0 Å². The number of hydrogen-bond acceptors (Lipinski definition) is 3. The quantitative estimate of drug-likeness (QED) is 0.709. The molecule has 6 nitrogen and oxygen atoms in total. The summed E-state index contributed by atoms with van der Waals surface area (Å²) in [6.45, 7) is 2.70. The van der Waals surface area contributed by atoms with Crippen LogP contribution in [0.3, 0.4) is 0 Å². The van der Waals surface area contributed by atoms with Crippen LogP contribution in [0.2, 0.25) is 5.02 Å². The maximum Gasteiger partial charge on any atom is 0.312 e. The van der Waals surface area contributed by atoms with Gasteiger partial charge >= 0.3 is 6.03 Å². The minimum Gasteiger partial charge on any atom is -0.368 e. The number of rotatable bonds is 5. The zero-order valence-electron chi connectivity index (χ0n) is 15.3. The van der Waals surface area contributed by atoms with Gasteiger partial charge in [-0.05, 0) is 35.9 Å². The van der Waals surface area contributed by atoms with Crippen molar-refractivity contribution in [3.8, 4) is 0 Å². The van der Waals surface area contributed by atoms with E-state index in [2.05, 4.69) is 26.1 Å². The van der Waals surface area contributed by atoms with Gasteiger partial charge in [-0.15, -0.1) is 0 Å². The van der Waals surface area contributed by atoms with E-state index in [1.54, 1.807) is 0 Å². The highest BCUT2D eigenvalue weighted by Gasteiger charge is 2.25. The van der Waals surface area contributed by atoms with Crippen LogP contribution in [0.5, 0.6) is 0 Å². The first-order valence-corrected chi connectivity index (χ1v) is 10.2. The van der Waals surface area contributed by atoms with Crippen LogP contribution in [0.25, 0.3) is 0 Å². The Morgan fingerprint density at radius 2 is 1.82 bits per heavy atom. The van der Waals surface area contributed by atoms with Crippen molar-refractivity contribution in [3.05, 3.63) is 63.6 Å². The van der Waals surface area contributed by atoms with Gasteiger partial charge < -0.3 is 20.9 Å². The SMILES string of the molecule is NC(=O)N[C@@H](CC(=O)N1CCN(c2cccc(Cl)c2)CC1)c1cccc(Br)c1. The van der Waals surface area contributed by atoms with Gasteiger partial charge in [0, 0.05) is 41.4 Å². The van der Waals surface area contributed by atoms with Crippen molar-refractivity contribution in [3.63, 3.8) is 0 Å². The molecule has 148 valence electrons. The Morgan fingerprint density at radius 3 is 2.46 bits per heavy atom. The third kappa shape index (κ3) is 5.39. The van der Waals surface area contributed by atoms with Gasteiger partial charge in [-0.1, -0.05) is 45.7 Å². The number of anilines is 1. The topological polar surface area (TPSA) is 78.7 Å². The van der Waals surface area contributed by atoms with E-state index in [1.165, 1.54) is 0 Å². The molecule has 1 aliphatic rings. The number of urea groups is 1. The molecule has 3 rings (SSSR count). The van der Waals surface area contributed by atoms with Crippen LogP contribution in [0, 0.1) is 0 Å². The molecule has 0 radical (unpaired) electrons. The summed E-state index contributed by atoms with van der Waals surface area (Å²) in [5.41, 5.74) is 7.20. The van der Waals surface area contributed by atoms with Crippen molar-refractivity contribution in [2.24, 2.45) is 5.73 Å². The second kappa shape index (κ2) is 9.30. The average Bonchev–Trinajstić information content (AvgIpc) is 2.67. The summed E-state index contributed by atoms with van der Waals surface area (Å²) in [5.74, 6) is -0.00975. The molecule has 1 fully saturated rings. The number of amides is 3. The molecule has 3 N–H and O–H groups in total. The van der Waals surface area contributed by atoms with E-state index in [4.69, 9.17) is 17.3 Å². The lowest BCUT2D eigenvalue weighted by Crippen LogP contribution is -2.49. The molecular weight excluding hydrogens is 444 g/mol. The highest BCUT2D eigenvalue weighted by molar-refractivity contribution is 9.10. The second-order valence-corrected chi connectivity index (χ2v) is 8.02. The number of hydrogen-bond donors (Lipinski definition) is 2. The summed E-state index contributed by atoms with van der Waals surface area (Å²) in [6, 6.07) is 14.1. The van der Waals surface area contributed by atoms with Crippen molar-refractivity contribution >= 4 is 45.2 Å². The van der Waals surface area contributed by atoms with Crippen molar-refractivity contribution in [2.75, 3.05) is 31.1 Å². The molecule has 8 heteroatoms. The van der Waals surface area contributed by atoms with Crippen LogP contribution >= 0.6 is 27.5 Å². The second-order valence-electron chi connectivity index (χ2n) is 6.67. The molecule has 28 heavy (non-hydrogen) atoms. The smallest absolute Gasteiger partial charge is 0.312 e. The zero-order chi connectivity index (χ0) is 20.1. The van der Waals surface area contributed by atoms with E-state index in [-0.39, 0.29) is 12.3 Å². The lowest BCUT2D eigenvalue weighted by molar-refractivity contribution is -0.132. The van der Waals surface area contributed by atoms with Crippen LogP contribution in [0.1, 0.15) is 18.0 Å². The van der Waals surface area contributed by atoms with Gasteiger partial charge in [0.05, 0.1) is 12.5 Å². The standard InChI is InChI=1S/C20H22BrClN4O2/c21-15-4-1-3-14(11-15)18(24-20(23)28)13-19(27)26-9-7-25(8-10-26)17-6-2-5-16(22)12-17/h1-6,11-12,18H,7-10,13H2,(H3,23,24,28)/t18-/m0/s1. The summed E-state index contributed by atoms with van der Waals surface area (Å²) in [5, 5.41) is 3.38. The van der Waals surface area contributed by atoms with Crippen molar-refractivity contribution in [1.82, 2.24) is 10.2 Å². The van der Waals surface area contributed by atoms with Gasteiger partial charge in [-0.25, -0.2) is 4.79 Å². The summed E-state index contributed by atoms with van der Waals surface area (Å²) < 4.78 is 0.879. The molecule has 1 atom stereocenters. The minimum absolute atomic E-state index is 0.00975. The van der Waals surface area contributed by atoms with E-state index in [9.17, 15) is 9.59 Å². The predicted octanol–water partition coefficient (Wildman–Crippen LogP) is 3.55. The number of benzene rings is 2. The molecular formula is C20H22BrClN4O2. The molecule has 0 spiro atoms. The summed E-state index contributed by atoms with van der Waals surface area (Å²) >= 11 is 9.49. The fourth-order valence-electron chi connectivity index (χ4n) is 3.34. The van der Waals surface area contributed by atoms with Gasteiger partial charge in [0.2, 0.25) is 5.91 Å². The number of nitrogens with zero attached hydrogens (tertiary/aromatic N) is 2. The number of piperazine rings is 1. The Labute approximate surface area is 177 Å². The molecule has 2 aromatic carbocycles. The third-order valence-electron chi connectivity index (χ3n) is 4.75.